The van der Waals surface area contributed by atoms with Gasteiger partial charge in [-0.1, -0.05) is 17.7 Å². The average Bonchev–Trinajstić information content (AvgIpc) is 2.70. The van der Waals surface area contributed by atoms with Crippen LogP contribution in [-0.2, 0) is 20.0 Å². The Morgan fingerprint density at radius 2 is 1.39 bits per heavy atom. The van der Waals surface area contributed by atoms with E-state index in [1.54, 1.807) is 19.1 Å². The molecule has 0 aliphatic rings. The van der Waals surface area contributed by atoms with Gasteiger partial charge in [-0.2, -0.15) is 0 Å². The number of rotatable bonds is 7. The number of benzene rings is 3. The van der Waals surface area contributed by atoms with E-state index >= 15 is 0 Å². The van der Waals surface area contributed by atoms with Crippen molar-refractivity contribution in [2.75, 3.05) is 16.6 Å². The summed E-state index contributed by atoms with van der Waals surface area (Å²) in [6, 6.07) is 13.8. The van der Waals surface area contributed by atoms with Crippen LogP contribution in [0.2, 0.25) is 0 Å². The zero-order valence-electron chi connectivity index (χ0n) is 17.0. The van der Waals surface area contributed by atoms with E-state index in [1.165, 1.54) is 43.5 Å². The number of nitrogens with one attached hydrogen (secondary N) is 2. The molecule has 164 valence electrons. The topological polar surface area (TPSA) is 102 Å². The third-order valence-corrected chi connectivity index (χ3v) is 7.24. The van der Waals surface area contributed by atoms with Crippen molar-refractivity contribution in [1.82, 2.24) is 0 Å². The summed E-state index contributed by atoms with van der Waals surface area (Å²) in [6.07, 6.45) is 0. The fraction of sp³-hybridized carbons (Fsp3) is 0.143. The van der Waals surface area contributed by atoms with Crippen LogP contribution in [0.1, 0.15) is 11.1 Å². The molecule has 3 aromatic rings. The molecular formula is C21H21FN2O5S2. The molecule has 0 atom stereocenters. The van der Waals surface area contributed by atoms with Crippen LogP contribution in [0, 0.1) is 19.7 Å². The highest BCUT2D eigenvalue weighted by atomic mass is 32.2. The van der Waals surface area contributed by atoms with Crippen molar-refractivity contribution in [3.63, 3.8) is 0 Å². The van der Waals surface area contributed by atoms with Crippen molar-refractivity contribution in [2.45, 2.75) is 23.6 Å². The van der Waals surface area contributed by atoms with Gasteiger partial charge >= 0.3 is 0 Å². The summed E-state index contributed by atoms with van der Waals surface area (Å²) in [5.41, 5.74) is 2.37. The second-order valence-corrected chi connectivity index (χ2v) is 10.2. The Balaban J connectivity index is 1.80. The first-order valence-corrected chi connectivity index (χ1v) is 12.0. The van der Waals surface area contributed by atoms with Crippen molar-refractivity contribution < 1.29 is 26.0 Å². The lowest BCUT2D eigenvalue weighted by Crippen LogP contribution is -2.15. The maximum atomic E-state index is 13.8. The van der Waals surface area contributed by atoms with Crippen LogP contribution in [0.15, 0.2) is 70.5 Å². The average molecular weight is 465 g/mol. The summed E-state index contributed by atoms with van der Waals surface area (Å²) in [6.45, 7) is 3.70. The minimum absolute atomic E-state index is 0.0362. The van der Waals surface area contributed by atoms with Crippen LogP contribution in [0.25, 0.3) is 0 Å². The van der Waals surface area contributed by atoms with E-state index in [4.69, 9.17) is 4.74 Å². The minimum atomic E-state index is -4.08. The van der Waals surface area contributed by atoms with Gasteiger partial charge in [0.05, 0.1) is 22.6 Å². The van der Waals surface area contributed by atoms with Gasteiger partial charge < -0.3 is 4.74 Å². The maximum Gasteiger partial charge on any atom is 0.262 e. The smallest absolute Gasteiger partial charge is 0.262 e. The summed E-state index contributed by atoms with van der Waals surface area (Å²) >= 11 is 0. The molecule has 0 aliphatic carbocycles. The standard InChI is InChI=1S/C21H21FN2O5S2/c1-14-4-10-20(15(2)12-14)24-30(25,26)17-7-5-16(6-8-17)23-31(27,28)18-9-11-21(29-3)19(22)13-18/h4-13,23-24H,1-3H3. The molecule has 0 aromatic heterocycles. The molecule has 3 rings (SSSR count). The van der Waals surface area contributed by atoms with Gasteiger partial charge in [0, 0.05) is 5.69 Å². The Bertz CT molecular complexity index is 1320. The number of sulfonamides is 2. The molecule has 0 saturated heterocycles. The molecule has 0 saturated carbocycles. The van der Waals surface area contributed by atoms with Crippen LogP contribution < -0.4 is 14.2 Å². The quantitative estimate of drug-likeness (QED) is 0.549. The molecule has 0 fully saturated rings. The van der Waals surface area contributed by atoms with E-state index in [1.807, 2.05) is 13.0 Å². The Morgan fingerprint density at radius 1 is 0.774 bits per heavy atom. The van der Waals surface area contributed by atoms with Gasteiger partial charge in [-0.05, 0) is 67.9 Å². The molecule has 0 radical (unpaired) electrons. The largest absolute Gasteiger partial charge is 0.494 e. The first-order chi connectivity index (χ1) is 14.5. The van der Waals surface area contributed by atoms with Gasteiger partial charge in [0.1, 0.15) is 0 Å². The molecule has 0 aliphatic heterocycles. The Kier molecular flexibility index (Phi) is 6.23. The predicted molar refractivity (Wildman–Crippen MR) is 117 cm³/mol. The molecule has 0 heterocycles. The SMILES string of the molecule is COc1ccc(S(=O)(=O)Nc2ccc(S(=O)(=O)Nc3ccc(C)cc3C)cc2)cc1F. The van der Waals surface area contributed by atoms with Crippen molar-refractivity contribution in [2.24, 2.45) is 0 Å². The van der Waals surface area contributed by atoms with E-state index in [9.17, 15) is 21.2 Å². The van der Waals surface area contributed by atoms with Crippen molar-refractivity contribution >= 4 is 31.4 Å². The van der Waals surface area contributed by atoms with E-state index in [0.29, 0.717) is 5.69 Å². The first-order valence-electron chi connectivity index (χ1n) is 9.08. The number of methoxy groups -OCH3 is 1. The number of ether oxygens (including phenoxy) is 1. The Morgan fingerprint density at radius 3 is 1.97 bits per heavy atom. The van der Waals surface area contributed by atoms with Gasteiger partial charge in [-0.15, -0.1) is 0 Å². The molecule has 0 spiro atoms. The predicted octanol–water partition coefficient (Wildman–Crippen LogP) is 4.05. The van der Waals surface area contributed by atoms with Gasteiger partial charge in [-0.3, -0.25) is 9.44 Å². The second-order valence-electron chi connectivity index (χ2n) is 6.85. The van der Waals surface area contributed by atoms with E-state index in [0.717, 1.165) is 17.2 Å². The van der Waals surface area contributed by atoms with Gasteiger partial charge in [0.25, 0.3) is 20.0 Å². The molecule has 31 heavy (non-hydrogen) atoms. The van der Waals surface area contributed by atoms with Gasteiger partial charge in [0.15, 0.2) is 11.6 Å². The minimum Gasteiger partial charge on any atom is -0.494 e. The summed E-state index contributed by atoms with van der Waals surface area (Å²) < 4.78 is 73.7. The lowest BCUT2D eigenvalue weighted by molar-refractivity contribution is 0.385. The highest BCUT2D eigenvalue weighted by Gasteiger charge is 2.19. The monoisotopic (exact) mass is 464 g/mol. The van der Waals surface area contributed by atoms with E-state index in [-0.39, 0.29) is 21.2 Å². The highest BCUT2D eigenvalue weighted by Crippen LogP contribution is 2.24. The van der Waals surface area contributed by atoms with Gasteiger partial charge in [-0.25, -0.2) is 21.2 Å². The number of hydrogen-bond acceptors (Lipinski definition) is 5. The molecule has 0 bridgehead atoms. The lowest BCUT2D eigenvalue weighted by Gasteiger charge is -2.12. The third kappa shape index (κ3) is 5.15. The zero-order chi connectivity index (χ0) is 22.8. The van der Waals surface area contributed by atoms with Crippen LogP contribution in [0.3, 0.4) is 0 Å². The fourth-order valence-electron chi connectivity index (χ4n) is 2.86. The summed E-state index contributed by atoms with van der Waals surface area (Å²) in [5, 5.41) is 0. The molecule has 3 aromatic carbocycles. The van der Waals surface area contributed by atoms with Crippen LogP contribution in [-0.4, -0.2) is 23.9 Å². The summed E-state index contributed by atoms with van der Waals surface area (Å²) in [4.78, 5) is -0.329. The van der Waals surface area contributed by atoms with Crippen molar-refractivity contribution in [3.8, 4) is 5.75 Å². The second kappa shape index (κ2) is 8.56. The summed E-state index contributed by atoms with van der Waals surface area (Å²) in [5.74, 6) is -0.894. The molecule has 2 N–H and O–H groups in total. The number of anilines is 2. The normalized spacial score (nSPS) is 11.7. The van der Waals surface area contributed by atoms with Crippen LogP contribution >= 0.6 is 0 Å². The Labute approximate surface area is 181 Å². The molecular weight excluding hydrogens is 443 g/mol. The molecule has 0 amide bonds. The number of aryl methyl sites for hydroxylation is 2. The zero-order valence-corrected chi connectivity index (χ0v) is 18.6. The lowest BCUT2D eigenvalue weighted by atomic mass is 10.1. The van der Waals surface area contributed by atoms with E-state index in [2.05, 4.69) is 9.44 Å². The molecule has 10 heteroatoms. The highest BCUT2D eigenvalue weighted by molar-refractivity contribution is 7.93. The van der Waals surface area contributed by atoms with Gasteiger partial charge in [0.2, 0.25) is 0 Å². The first kappa shape index (κ1) is 22.6. The fourth-order valence-corrected chi connectivity index (χ4v) is 5.06. The number of hydrogen-bond donors (Lipinski definition) is 2. The Hall–Kier alpha value is -3.11. The third-order valence-electron chi connectivity index (χ3n) is 4.48. The summed E-state index contributed by atoms with van der Waals surface area (Å²) in [7, 11) is -6.67. The number of halogens is 1. The maximum absolute atomic E-state index is 13.8. The molecule has 0 unspecified atom stereocenters. The van der Waals surface area contributed by atoms with Crippen LogP contribution in [0.5, 0.6) is 5.75 Å². The van der Waals surface area contributed by atoms with Crippen LogP contribution in [0.4, 0.5) is 15.8 Å². The van der Waals surface area contributed by atoms with Crippen molar-refractivity contribution in [1.29, 1.82) is 0 Å². The molecule has 7 nitrogen and oxygen atoms in total. The van der Waals surface area contributed by atoms with Crippen molar-refractivity contribution in [3.05, 3.63) is 77.6 Å². The van der Waals surface area contributed by atoms with E-state index < -0.39 is 25.9 Å².